The molecule has 2 atom stereocenters. The third-order valence-corrected chi connectivity index (χ3v) is 3.54. The summed E-state index contributed by atoms with van der Waals surface area (Å²) in [7, 11) is 0. The number of hydrogen-bond donors (Lipinski definition) is 3. The molecule has 1 saturated heterocycles. The van der Waals surface area contributed by atoms with Crippen LogP contribution in [0.1, 0.15) is 39.5 Å². The predicted molar refractivity (Wildman–Crippen MR) is 69.4 cm³/mol. The normalized spacial score (nSPS) is 24.6. The Kier molecular flexibility index (Phi) is 6.07. The fourth-order valence-corrected chi connectivity index (χ4v) is 2.40. The van der Waals surface area contributed by atoms with E-state index in [9.17, 15) is 9.59 Å². The first-order chi connectivity index (χ1) is 8.54. The third-order valence-electron chi connectivity index (χ3n) is 3.54. The summed E-state index contributed by atoms with van der Waals surface area (Å²) in [5, 5.41) is 2.74. The Morgan fingerprint density at radius 2 is 1.83 bits per heavy atom. The van der Waals surface area contributed by atoms with Gasteiger partial charge in [-0.2, -0.15) is 0 Å². The van der Waals surface area contributed by atoms with E-state index in [1.54, 1.807) is 0 Å². The number of nitrogens with one attached hydrogen (secondary N) is 2. The van der Waals surface area contributed by atoms with Gasteiger partial charge in [0.25, 0.3) is 0 Å². The minimum atomic E-state index is -0.269. The predicted octanol–water partition coefficient (Wildman–Crippen LogP) is -0.254. The maximum Gasteiger partial charge on any atom is 0.235 e. The molecular weight excluding hydrogens is 237 g/mol. The third kappa shape index (κ3) is 4.62. The smallest absolute Gasteiger partial charge is 0.235 e. The summed E-state index contributed by atoms with van der Waals surface area (Å²) >= 11 is 0. The van der Waals surface area contributed by atoms with Crippen LogP contribution >= 0.6 is 0 Å². The molecule has 4 N–H and O–H groups in total. The van der Waals surface area contributed by atoms with Crippen LogP contribution in [-0.4, -0.2) is 41.9 Å². The second-order valence-corrected chi connectivity index (χ2v) is 4.97. The second kappa shape index (κ2) is 7.33. The number of carbonyl (C=O) groups is 2. The number of rotatable bonds is 5. The summed E-state index contributed by atoms with van der Waals surface area (Å²) in [6.07, 6.45) is 3.74. The SMILES string of the molecule is [13CH3][13C@@H]1CCC[13C@H]([13CH3])[15N]1CC(=O)NCCC(=O)NN. The lowest BCUT2D eigenvalue weighted by Gasteiger charge is -2.38. The Labute approximate surface area is 108 Å². The van der Waals surface area contributed by atoms with Gasteiger partial charge in [0.15, 0.2) is 0 Å². The molecular formula is C12H24N4O2. The highest BCUT2D eigenvalue weighted by molar-refractivity contribution is 5.79. The van der Waals surface area contributed by atoms with Crippen molar-refractivity contribution in [3.8, 4) is 0 Å². The van der Waals surface area contributed by atoms with E-state index < -0.39 is 0 Å². The molecule has 0 aromatic carbocycles. The molecule has 1 rings (SSSR count). The van der Waals surface area contributed by atoms with E-state index in [-0.39, 0.29) is 18.2 Å². The quantitative estimate of drug-likeness (QED) is 0.209. The van der Waals surface area contributed by atoms with Crippen molar-refractivity contribution >= 4 is 11.8 Å². The van der Waals surface area contributed by atoms with Crippen molar-refractivity contribution in [2.75, 3.05) is 13.1 Å². The zero-order valence-corrected chi connectivity index (χ0v) is 11.2. The van der Waals surface area contributed by atoms with Crippen molar-refractivity contribution in [1.29, 1.82) is 0 Å². The highest BCUT2D eigenvalue weighted by atomic mass is 16.2. The van der Waals surface area contributed by atoms with Crippen LogP contribution in [0.4, 0.5) is 0 Å². The van der Waals surface area contributed by atoms with Crippen LogP contribution in [0.2, 0.25) is 0 Å². The molecule has 1 fully saturated rings. The largest absolute Gasteiger partial charge is 0.354 e. The van der Waals surface area contributed by atoms with E-state index in [1.165, 1.54) is 6.42 Å². The Balaban J connectivity index is 2.28. The van der Waals surface area contributed by atoms with Crippen molar-refractivity contribution in [3.63, 3.8) is 0 Å². The van der Waals surface area contributed by atoms with E-state index in [1.807, 2.05) is 5.43 Å². The van der Waals surface area contributed by atoms with Crippen LogP contribution in [-0.2, 0) is 9.59 Å². The van der Waals surface area contributed by atoms with E-state index in [0.717, 1.165) is 12.8 Å². The zero-order chi connectivity index (χ0) is 13.5. The standard InChI is InChI=1S/C12H24N4O2/c1-9-4-3-5-10(2)16(9)8-12(18)14-7-6-11(17)15-13/h9-10H,3-8,13H2,1-2H3,(H,14,18)(H,15,17)/t9-,10+/i1+1,2+1,9+1,10+1,16+1. The van der Waals surface area contributed by atoms with Gasteiger partial charge < -0.3 is 5.32 Å². The molecule has 6 heteroatoms. The molecule has 0 aromatic heterocycles. The Morgan fingerprint density at radius 1 is 1.22 bits per heavy atom. The monoisotopic (exact) mass is 261 g/mol. The molecule has 1 aliphatic rings. The van der Waals surface area contributed by atoms with E-state index in [2.05, 4.69) is 24.1 Å². The number of hydrogen-bond acceptors (Lipinski definition) is 4. The number of nitrogens with two attached hydrogens (primary N) is 1. The van der Waals surface area contributed by atoms with Gasteiger partial charge in [-0.3, -0.25) is 19.9 Å². The van der Waals surface area contributed by atoms with Gasteiger partial charge in [0.2, 0.25) is 11.8 Å². The number of likely N-dealkylation sites (tertiary alicyclic amines) is 1. The lowest BCUT2D eigenvalue weighted by molar-refractivity contribution is -0.124. The average molecular weight is 261 g/mol. The molecule has 0 aliphatic carbocycles. The van der Waals surface area contributed by atoms with E-state index in [4.69, 9.17) is 5.84 Å². The number of nitrogens with zero attached hydrogens (tertiary/aromatic N) is 1. The zero-order valence-electron chi connectivity index (χ0n) is 11.2. The highest BCUT2D eigenvalue weighted by Crippen LogP contribution is 2.21. The van der Waals surface area contributed by atoms with Crippen LogP contribution < -0.4 is 16.6 Å². The van der Waals surface area contributed by atoms with Gasteiger partial charge in [-0.25, -0.2) is 5.84 Å². The molecule has 1 heterocycles. The van der Waals surface area contributed by atoms with Crippen molar-refractivity contribution < 1.29 is 9.59 Å². The fraction of sp³-hybridized carbons (Fsp3) is 0.833. The van der Waals surface area contributed by atoms with Gasteiger partial charge in [-0.1, -0.05) is 6.42 Å². The maximum absolute atomic E-state index is 11.8. The molecule has 104 valence electrons. The Hall–Kier alpha value is -1.14. The van der Waals surface area contributed by atoms with Crippen molar-refractivity contribution in [3.05, 3.63) is 0 Å². The minimum absolute atomic E-state index is 0.0274. The molecule has 1 aliphatic heterocycles. The number of amides is 2. The molecule has 0 bridgehead atoms. The van der Waals surface area contributed by atoms with Gasteiger partial charge in [0, 0.05) is 25.0 Å². The van der Waals surface area contributed by atoms with Crippen LogP contribution in [0.5, 0.6) is 0 Å². The Morgan fingerprint density at radius 3 is 2.39 bits per heavy atom. The van der Waals surface area contributed by atoms with Crippen molar-refractivity contribution in [1.82, 2.24) is 15.6 Å². The summed E-state index contributed by atoms with van der Waals surface area (Å²) in [6.45, 7) is 5.06. The maximum atomic E-state index is 11.8. The summed E-state index contributed by atoms with van der Waals surface area (Å²) < 4.78 is 0. The number of hydrazine groups is 1. The molecule has 0 unspecified atom stereocenters. The summed E-state index contributed by atoms with van der Waals surface area (Å²) in [5.41, 5.74) is 2.03. The molecule has 0 radical (unpaired) electrons. The lowest BCUT2D eigenvalue weighted by atomic mass is 10.3. The van der Waals surface area contributed by atoms with Gasteiger partial charge in [-0.15, -0.1) is 0 Å². The van der Waals surface area contributed by atoms with Gasteiger partial charge in [0.1, 0.15) is 0 Å². The molecule has 0 spiro atoms. The Bertz CT molecular complexity index is 286. The summed E-state index contributed by atoms with van der Waals surface area (Å²) in [4.78, 5) is 24.9. The average Bonchev–Trinajstić information content (AvgIpc) is 2.34. The first-order valence-corrected chi connectivity index (χ1v) is 6.56. The van der Waals surface area contributed by atoms with Crippen LogP contribution in [0.15, 0.2) is 0 Å². The van der Waals surface area contributed by atoms with Crippen LogP contribution in [0.25, 0.3) is 0 Å². The van der Waals surface area contributed by atoms with Gasteiger partial charge in [-0.05, 0) is 26.7 Å². The number of carbonyl (C=O) groups excluding carboxylic acids is 2. The topological polar surface area (TPSA) is 87.5 Å². The van der Waals surface area contributed by atoms with Crippen LogP contribution in [0, 0.1) is 0 Å². The molecule has 2 amide bonds. The molecule has 6 nitrogen and oxygen atoms in total. The van der Waals surface area contributed by atoms with Crippen molar-refractivity contribution in [2.24, 2.45) is 5.84 Å². The summed E-state index contributed by atoms with van der Waals surface area (Å²) in [5.74, 6) is 4.66. The first-order valence-electron chi connectivity index (χ1n) is 6.56. The minimum Gasteiger partial charge on any atom is -0.354 e. The number of piperidine rings is 1. The molecule has 0 saturated carbocycles. The fourth-order valence-electron chi connectivity index (χ4n) is 2.40. The van der Waals surface area contributed by atoms with Crippen molar-refractivity contribution in [2.45, 2.75) is 51.6 Å². The van der Waals surface area contributed by atoms with Gasteiger partial charge in [0.05, 0.1) is 6.54 Å². The summed E-state index contributed by atoms with van der Waals surface area (Å²) in [6, 6.07) is 0.902. The highest BCUT2D eigenvalue weighted by Gasteiger charge is 2.26. The van der Waals surface area contributed by atoms with Crippen LogP contribution in [0.3, 0.4) is 0 Å². The van der Waals surface area contributed by atoms with Gasteiger partial charge >= 0.3 is 0 Å². The second-order valence-electron chi connectivity index (χ2n) is 4.97. The molecule has 0 aromatic rings. The lowest BCUT2D eigenvalue weighted by Crippen LogP contribution is -2.49. The van der Waals surface area contributed by atoms with E-state index in [0.29, 0.717) is 25.2 Å². The first kappa shape index (κ1) is 14.9. The van der Waals surface area contributed by atoms with E-state index >= 15 is 0 Å². The molecule has 18 heavy (non-hydrogen) atoms.